The number of amides is 2. The average molecular weight is 294 g/mol. The Morgan fingerprint density at radius 1 is 1.57 bits per heavy atom. The van der Waals surface area contributed by atoms with Crippen LogP contribution in [-0.2, 0) is 17.8 Å². The van der Waals surface area contributed by atoms with Crippen LogP contribution in [0.2, 0.25) is 0 Å². The second kappa shape index (κ2) is 5.38. The van der Waals surface area contributed by atoms with Crippen LogP contribution >= 0.6 is 0 Å². The van der Waals surface area contributed by atoms with E-state index in [0.717, 1.165) is 17.8 Å². The van der Waals surface area contributed by atoms with E-state index in [1.54, 1.807) is 11.9 Å². The third-order valence-corrected chi connectivity index (χ3v) is 4.49. The molecule has 0 spiro atoms. The molecule has 116 valence electrons. The SMILES string of the molecule is CCC(C)(C)N(C)C(=O)N1Cc2[nH]cnc2CC1C(=O)O. The van der Waals surface area contributed by atoms with Gasteiger partial charge in [-0.05, 0) is 20.3 Å². The van der Waals surface area contributed by atoms with Crippen LogP contribution in [0.25, 0.3) is 0 Å². The van der Waals surface area contributed by atoms with E-state index >= 15 is 0 Å². The van der Waals surface area contributed by atoms with Gasteiger partial charge in [0.05, 0.1) is 24.3 Å². The number of nitrogens with zero attached hydrogens (tertiary/aromatic N) is 3. The molecule has 2 rings (SSSR count). The Bertz CT molecular complexity index is 552. The number of rotatable bonds is 3. The van der Waals surface area contributed by atoms with Gasteiger partial charge in [-0.1, -0.05) is 6.92 Å². The van der Waals surface area contributed by atoms with Crippen LogP contribution in [0.3, 0.4) is 0 Å². The van der Waals surface area contributed by atoms with Gasteiger partial charge in [-0.3, -0.25) is 0 Å². The van der Waals surface area contributed by atoms with Gasteiger partial charge in [-0.25, -0.2) is 14.6 Å². The van der Waals surface area contributed by atoms with Crippen molar-refractivity contribution in [3.05, 3.63) is 17.7 Å². The van der Waals surface area contributed by atoms with E-state index in [-0.39, 0.29) is 24.5 Å². The number of carbonyl (C=O) groups is 2. The van der Waals surface area contributed by atoms with E-state index in [0.29, 0.717) is 0 Å². The van der Waals surface area contributed by atoms with Gasteiger partial charge in [-0.2, -0.15) is 0 Å². The summed E-state index contributed by atoms with van der Waals surface area (Å²) in [5.41, 5.74) is 1.21. The van der Waals surface area contributed by atoms with E-state index in [1.807, 2.05) is 20.8 Å². The first-order valence-corrected chi connectivity index (χ1v) is 7.06. The van der Waals surface area contributed by atoms with Crippen LogP contribution in [0.15, 0.2) is 6.33 Å². The summed E-state index contributed by atoms with van der Waals surface area (Å²) in [6, 6.07) is -1.14. The summed E-state index contributed by atoms with van der Waals surface area (Å²) in [5.74, 6) is -1.00. The molecule has 0 radical (unpaired) electrons. The zero-order chi connectivity index (χ0) is 15.8. The Hall–Kier alpha value is -2.05. The fourth-order valence-corrected chi connectivity index (χ4v) is 2.35. The average Bonchev–Trinajstić information content (AvgIpc) is 2.91. The summed E-state index contributed by atoms with van der Waals surface area (Å²) in [7, 11) is 1.72. The van der Waals surface area contributed by atoms with Crippen molar-refractivity contribution in [2.75, 3.05) is 7.05 Å². The lowest BCUT2D eigenvalue weighted by atomic mass is 9.99. The minimum absolute atomic E-state index is 0.236. The number of aromatic amines is 1. The molecule has 0 bridgehead atoms. The van der Waals surface area contributed by atoms with Crippen LogP contribution in [0.4, 0.5) is 4.79 Å². The molecule has 21 heavy (non-hydrogen) atoms. The number of aliphatic carboxylic acids is 1. The second-order valence-electron chi connectivity index (χ2n) is 6.02. The van der Waals surface area contributed by atoms with Crippen molar-refractivity contribution >= 4 is 12.0 Å². The molecule has 2 amide bonds. The molecule has 7 nitrogen and oxygen atoms in total. The Morgan fingerprint density at radius 2 is 2.24 bits per heavy atom. The molecule has 1 atom stereocenters. The lowest BCUT2D eigenvalue weighted by Gasteiger charge is -2.41. The lowest BCUT2D eigenvalue weighted by Crippen LogP contribution is -2.56. The van der Waals surface area contributed by atoms with Crippen LogP contribution in [0.1, 0.15) is 38.6 Å². The predicted octanol–water partition coefficient (Wildman–Crippen LogP) is 1.46. The highest BCUT2D eigenvalue weighted by atomic mass is 16.4. The molecule has 0 saturated carbocycles. The van der Waals surface area contributed by atoms with Crippen molar-refractivity contribution < 1.29 is 14.7 Å². The van der Waals surface area contributed by atoms with Gasteiger partial charge in [-0.15, -0.1) is 0 Å². The number of urea groups is 1. The summed E-state index contributed by atoms with van der Waals surface area (Å²) in [5, 5.41) is 9.41. The molecule has 2 heterocycles. The number of hydrogen-bond acceptors (Lipinski definition) is 3. The molecule has 2 N–H and O–H groups in total. The highest BCUT2D eigenvalue weighted by Crippen LogP contribution is 2.25. The van der Waals surface area contributed by atoms with E-state index < -0.39 is 12.0 Å². The first-order valence-electron chi connectivity index (χ1n) is 7.06. The summed E-state index contributed by atoms with van der Waals surface area (Å²) < 4.78 is 0. The molecule has 1 unspecified atom stereocenters. The van der Waals surface area contributed by atoms with Gasteiger partial charge in [0.25, 0.3) is 0 Å². The molecular weight excluding hydrogens is 272 g/mol. The van der Waals surface area contributed by atoms with Gasteiger partial charge < -0.3 is 19.9 Å². The van der Waals surface area contributed by atoms with E-state index in [1.165, 1.54) is 11.2 Å². The van der Waals surface area contributed by atoms with Crippen LogP contribution < -0.4 is 0 Å². The van der Waals surface area contributed by atoms with Crippen molar-refractivity contribution in [3.63, 3.8) is 0 Å². The van der Waals surface area contributed by atoms with Crippen LogP contribution in [-0.4, -0.2) is 55.5 Å². The molecule has 0 aromatic carbocycles. The number of hydrogen-bond donors (Lipinski definition) is 2. The standard InChI is InChI=1S/C14H22N4O3/c1-5-14(2,3)17(4)13(21)18-7-10-9(15-8-16-10)6-11(18)12(19)20/h8,11H,5-7H2,1-4H3,(H,15,16)(H,19,20). The molecule has 0 saturated heterocycles. The first kappa shape index (κ1) is 15.3. The third-order valence-electron chi connectivity index (χ3n) is 4.49. The molecule has 1 aromatic rings. The number of fused-ring (bicyclic) bond motifs is 1. The van der Waals surface area contributed by atoms with Gasteiger partial charge in [0.15, 0.2) is 0 Å². The largest absolute Gasteiger partial charge is 0.480 e. The Morgan fingerprint density at radius 3 is 2.81 bits per heavy atom. The quantitative estimate of drug-likeness (QED) is 0.883. The molecule has 1 aliphatic heterocycles. The first-order chi connectivity index (χ1) is 9.77. The molecule has 1 aliphatic rings. The highest BCUT2D eigenvalue weighted by molar-refractivity contribution is 5.83. The highest BCUT2D eigenvalue weighted by Gasteiger charge is 2.39. The second-order valence-corrected chi connectivity index (χ2v) is 6.02. The fraction of sp³-hybridized carbons (Fsp3) is 0.643. The number of nitrogens with one attached hydrogen (secondary N) is 1. The zero-order valence-electron chi connectivity index (χ0n) is 12.9. The predicted molar refractivity (Wildman–Crippen MR) is 76.8 cm³/mol. The molecule has 1 aromatic heterocycles. The van der Waals surface area contributed by atoms with E-state index in [9.17, 15) is 14.7 Å². The number of carboxylic acid groups (broad SMARTS) is 1. The minimum Gasteiger partial charge on any atom is -0.480 e. The van der Waals surface area contributed by atoms with Crippen LogP contribution in [0.5, 0.6) is 0 Å². The summed E-state index contributed by atoms with van der Waals surface area (Å²) in [4.78, 5) is 34.3. The molecule has 0 fully saturated rings. The van der Waals surface area contributed by atoms with Crippen molar-refractivity contribution in [1.82, 2.24) is 19.8 Å². The molecular formula is C14H22N4O3. The van der Waals surface area contributed by atoms with Crippen molar-refractivity contribution in [2.24, 2.45) is 0 Å². The lowest BCUT2D eigenvalue weighted by molar-refractivity contribution is -0.143. The number of carboxylic acids is 1. The fourth-order valence-electron chi connectivity index (χ4n) is 2.35. The van der Waals surface area contributed by atoms with Crippen molar-refractivity contribution in [3.8, 4) is 0 Å². The number of imidazole rings is 1. The summed E-state index contributed by atoms with van der Waals surface area (Å²) in [6.45, 7) is 6.18. The van der Waals surface area contributed by atoms with Crippen LogP contribution in [0, 0.1) is 0 Å². The molecule has 7 heteroatoms. The Labute approximate surface area is 124 Å². The normalized spacial score (nSPS) is 18.3. The van der Waals surface area contributed by atoms with E-state index in [4.69, 9.17) is 0 Å². The maximum atomic E-state index is 12.7. The summed E-state index contributed by atoms with van der Waals surface area (Å²) in [6.07, 6.45) is 2.56. The van der Waals surface area contributed by atoms with Crippen molar-refractivity contribution in [2.45, 2.75) is 51.7 Å². The number of carbonyl (C=O) groups excluding carboxylic acids is 1. The minimum atomic E-state index is -1.00. The monoisotopic (exact) mass is 294 g/mol. The van der Waals surface area contributed by atoms with Gasteiger partial charge in [0, 0.05) is 19.0 Å². The zero-order valence-corrected chi connectivity index (χ0v) is 12.9. The topological polar surface area (TPSA) is 89.5 Å². The van der Waals surface area contributed by atoms with Gasteiger partial charge in [0.2, 0.25) is 0 Å². The Kier molecular flexibility index (Phi) is 3.93. The van der Waals surface area contributed by atoms with Gasteiger partial charge in [0.1, 0.15) is 6.04 Å². The number of aromatic nitrogens is 2. The van der Waals surface area contributed by atoms with Gasteiger partial charge >= 0.3 is 12.0 Å². The smallest absolute Gasteiger partial charge is 0.326 e. The third kappa shape index (κ3) is 2.72. The Balaban J connectivity index is 2.28. The number of H-pyrrole nitrogens is 1. The maximum Gasteiger partial charge on any atom is 0.326 e. The maximum absolute atomic E-state index is 12.7. The summed E-state index contributed by atoms with van der Waals surface area (Å²) >= 11 is 0. The van der Waals surface area contributed by atoms with E-state index in [2.05, 4.69) is 9.97 Å². The molecule has 0 aliphatic carbocycles. The van der Waals surface area contributed by atoms with Crippen molar-refractivity contribution in [1.29, 1.82) is 0 Å².